The Balaban J connectivity index is 2.67. The molecule has 1 aromatic carbocycles. The number of aryl methyl sites for hydroxylation is 1. The Morgan fingerprint density at radius 3 is 2.65 bits per heavy atom. The highest BCUT2D eigenvalue weighted by Gasteiger charge is 2.16. The fourth-order valence-electron chi connectivity index (χ4n) is 1.22. The Hall–Kier alpha value is -1.95. The second kappa shape index (κ2) is 5.40. The second-order valence-electron chi connectivity index (χ2n) is 3.73. The molecule has 92 valence electrons. The first-order chi connectivity index (χ1) is 7.90. The van der Waals surface area contributed by atoms with Crippen molar-refractivity contribution >= 4 is 17.5 Å². The van der Waals surface area contributed by atoms with E-state index < -0.39 is 23.7 Å². The third-order valence-corrected chi connectivity index (χ3v) is 2.20. The van der Waals surface area contributed by atoms with E-state index in [4.69, 9.17) is 11.5 Å². The summed E-state index contributed by atoms with van der Waals surface area (Å²) in [6.45, 7) is 1.61. The highest BCUT2D eigenvalue weighted by Crippen LogP contribution is 2.13. The largest absolute Gasteiger partial charge is 0.370 e. The zero-order valence-electron chi connectivity index (χ0n) is 9.37. The molecular weight excluding hydrogens is 225 g/mol. The van der Waals surface area contributed by atoms with E-state index in [2.05, 4.69) is 5.32 Å². The minimum Gasteiger partial charge on any atom is -0.370 e. The molecular formula is C11H14FN3O2. The average Bonchev–Trinajstić information content (AvgIpc) is 2.22. The van der Waals surface area contributed by atoms with Crippen LogP contribution in [0, 0.1) is 12.7 Å². The fraction of sp³-hybridized carbons (Fsp3) is 0.273. The van der Waals surface area contributed by atoms with Crippen molar-refractivity contribution in [2.24, 2.45) is 11.5 Å². The molecule has 0 radical (unpaired) electrons. The second-order valence-corrected chi connectivity index (χ2v) is 3.73. The van der Waals surface area contributed by atoms with Gasteiger partial charge >= 0.3 is 0 Å². The summed E-state index contributed by atoms with van der Waals surface area (Å²) in [4.78, 5) is 22.0. The van der Waals surface area contributed by atoms with Crippen molar-refractivity contribution in [2.45, 2.75) is 19.4 Å². The third kappa shape index (κ3) is 3.84. The van der Waals surface area contributed by atoms with E-state index in [0.29, 0.717) is 5.56 Å². The van der Waals surface area contributed by atoms with Gasteiger partial charge in [-0.25, -0.2) is 4.39 Å². The van der Waals surface area contributed by atoms with Crippen molar-refractivity contribution < 1.29 is 14.0 Å². The first-order valence-corrected chi connectivity index (χ1v) is 5.01. The molecule has 0 fully saturated rings. The summed E-state index contributed by atoms with van der Waals surface area (Å²) < 4.78 is 13.2. The lowest BCUT2D eigenvalue weighted by Gasteiger charge is -2.10. The molecule has 6 heteroatoms. The van der Waals surface area contributed by atoms with Crippen molar-refractivity contribution in [3.63, 3.8) is 0 Å². The predicted octanol–water partition coefficient (Wildman–Crippen LogP) is 0.275. The zero-order chi connectivity index (χ0) is 13.0. The summed E-state index contributed by atoms with van der Waals surface area (Å²) in [5.74, 6) is -1.67. The van der Waals surface area contributed by atoms with E-state index >= 15 is 0 Å². The van der Waals surface area contributed by atoms with Gasteiger partial charge in [-0.1, -0.05) is 6.07 Å². The minimum absolute atomic E-state index is 0.250. The van der Waals surface area contributed by atoms with Crippen LogP contribution in [0.4, 0.5) is 10.1 Å². The van der Waals surface area contributed by atoms with Crippen molar-refractivity contribution in [1.82, 2.24) is 0 Å². The normalized spacial score (nSPS) is 11.9. The lowest BCUT2D eigenvalue weighted by Crippen LogP contribution is -2.39. The number of carbonyl (C=O) groups is 2. The molecule has 0 aliphatic carbocycles. The van der Waals surface area contributed by atoms with Gasteiger partial charge in [0.2, 0.25) is 11.8 Å². The Labute approximate surface area is 98.0 Å². The third-order valence-electron chi connectivity index (χ3n) is 2.20. The number of nitrogens with two attached hydrogens (primary N) is 2. The molecule has 0 aromatic heterocycles. The Morgan fingerprint density at radius 1 is 1.47 bits per heavy atom. The van der Waals surface area contributed by atoms with Crippen LogP contribution in [0.3, 0.4) is 0 Å². The van der Waals surface area contributed by atoms with Gasteiger partial charge in [-0.05, 0) is 24.6 Å². The minimum atomic E-state index is -1.03. The molecule has 5 N–H and O–H groups in total. The number of primary amides is 1. The average molecular weight is 239 g/mol. The summed E-state index contributed by atoms with van der Waals surface area (Å²) >= 11 is 0. The maximum Gasteiger partial charge on any atom is 0.241 e. The van der Waals surface area contributed by atoms with Crippen molar-refractivity contribution in [3.05, 3.63) is 29.6 Å². The van der Waals surface area contributed by atoms with Gasteiger partial charge in [0.1, 0.15) is 5.82 Å². The molecule has 0 saturated heterocycles. The first-order valence-electron chi connectivity index (χ1n) is 5.01. The standard InChI is InChI=1S/C11H14FN3O2/c1-6-2-3-7(4-8(6)12)15-11(17)9(13)5-10(14)16/h2-4,9H,5,13H2,1H3,(H2,14,16)(H,15,17). The summed E-state index contributed by atoms with van der Waals surface area (Å²) in [5.41, 5.74) is 11.1. The van der Waals surface area contributed by atoms with Crippen molar-refractivity contribution in [3.8, 4) is 0 Å². The van der Waals surface area contributed by atoms with Gasteiger partial charge in [-0.3, -0.25) is 9.59 Å². The van der Waals surface area contributed by atoms with E-state index in [9.17, 15) is 14.0 Å². The summed E-state index contributed by atoms with van der Waals surface area (Å²) in [5, 5.41) is 2.40. The molecule has 0 bridgehead atoms. The fourth-order valence-corrected chi connectivity index (χ4v) is 1.22. The van der Waals surface area contributed by atoms with Crippen LogP contribution >= 0.6 is 0 Å². The Morgan fingerprint density at radius 2 is 2.12 bits per heavy atom. The lowest BCUT2D eigenvalue weighted by molar-refractivity contribution is -0.123. The molecule has 0 aliphatic heterocycles. The molecule has 17 heavy (non-hydrogen) atoms. The van der Waals surface area contributed by atoms with Gasteiger partial charge in [0.05, 0.1) is 12.5 Å². The number of halogens is 1. The quantitative estimate of drug-likeness (QED) is 0.703. The summed E-state index contributed by atoms with van der Waals surface area (Å²) in [7, 11) is 0. The van der Waals surface area contributed by atoms with E-state index in [0.717, 1.165) is 0 Å². The van der Waals surface area contributed by atoms with Gasteiger partial charge in [-0.15, -0.1) is 0 Å². The smallest absolute Gasteiger partial charge is 0.241 e. The van der Waals surface area contributed by atoms with Crippen LogP contribution in [0.1, 0.15) is 12.0 Å². The highest BCUT2D eigenvalue weighted by atomic mass is 19.1. The van der Waals surface area contributed by atoms with Crippen LogP contribution in [0.25, 0.3) is 0 Å². The van der Waals surface area contributed by atoms with Crippen molar-refractivity contribution in [2.75, 3.05) is 5.32 Å². The topological polar surface area (TPSA) is 98.2 Å². The van der Waals surface area contributed by atoms with Gasteiger partial charge in [0.25, 0.3) is 0 Å². The number of anilines is 1. The number of benzene rings is 1. The van der Waals surface area contributed by atoms with Gasteiger partial charge in [0, 0.05) is 5.69 Å². The SMILES string of the molecule is Cc1ccc(NC(=O)C(N)CC(N)=O)cc1F. The monoisotopic (exact) mass is 239 g/mol. The first kappa shape index (κ1) is 13.1. The molecule has 0 spiro atoms. The molecule has 1 atom stereocenters. The molecule has 1 rings (SSSR count). The molecule has 0 saturated carbocycles. The maximum atomic E-state index is 13.2. The molecule has 5 nitrogen and oxygen atoms in total. The van der Waals surface area contributed by atoms with Crippen LogP contribution in [0.5, 0.6) is 0 Å². The number of rotatable bonds is 4. The number of hydrogen-bond acceptors (Lipinski definition) is 3. The molecule has 1 unspecified atom stereocenters. The van der Waals surface area contributed by atoms with Crippen LogP contribution in [0.15, 0.2) is 18.2 Å². The summed E-state index contributed by atoms with van der Waals surface area (Å²) in [6, 6.07) is 3.24. The van der Waals surface area contributed by atoms with Gasteiger partial charge in [-0.2, -0.15) is 0 Å². The predicted molar refractivity (Wildman–Crippen MR) is 61.6 cm³/mol. The van der Waals surface area contributed by atoms with Crippen molar-refractivity contribution in [1.29, 1.82) is 0 Å². The van der Waals surface area contributed by atoms with Crippen LogP contribution in [-0.2, 0) is 9.59 Å². The number of hydrogen-bond donors (Lipinski definition) is 3. The lowest BCUT2D eigenvalue weighted by atomic mass is 10.2. The van der Waals surface area contributed by atoms with E-state index in [-0.39, 0.29) is 12.1 Å². The molecule has 0 heterocycles. The molecule has 1 aromatic rings. The van der Waals surface area contributed by atoms with E-state index in [1.165, 1.54) is 12.1 Å². The Kier molecular flexibility index (Phi) is 4.17. The summed E-state index contributed by atoms with van der Waals surface area (Å²) in [6.07, 6.45) is -0.250. The van der Waals surface area contributed by atoms with Crippen LogP contribution < -0.4 is 16.8 Å². The number of amides is 2. The van der Waals surface area contributed by atoms with Crippen LogP contribution in [0.2, 0.25) is 0 Å². The highest BCUT2D eigenvalue weighted by molar-refractivity contribution is 5.97. The van der Waals surface area contributed by atoms with Gasteiger partial charge in [0.15, 0.2) is 0 Å². The van der Waals surface area contributed by atoms with E-state index in [1.54, 1.807) is 13.0 Å². The zero-order valence-corrected chi connectivity index (χ0v) is 9.37. The van der Waals surface area contributed by atoms with Crippen LogP contribution in [-0.4, -0.2) is 17.9 Å². The molecule has 0 aliphatic rings. The Bertz CT molecular complexity index is 448. The van der Waals surface area contributed by atoms with E-state index in [1.807, 2.05) is 0 Å². The number of nitrogens with one attached hydrogen (secondary N) is 1. The molecule has 2 amide bonds. The maximum absolute atomic E-state index is 13.2. The number of carbonyl (C=O) groups excluding carboxylic acids is 2. The van der Waals surface area contributed by atoms with Gasteiger partial charge < -0.3 is 16.8 Å².